The van der Waals surface area contributed by atoms with Gasteiger partial charge in [0, 0.05) is 37.2 Å². The summed E-state index contributed by atoms with van der Waals surface area (Å²) in [5.74, 6) is -0.315. The van der Waals surface area contributed by atoms with Crippen molar-refractivity contribution in [1.82, 2.24) is 20.9 Å². The Morgan fingerprint density at radius 1 is 1.39 bits per heavy atom. The number of piperazine rings is 1. The highest BCUT2D eigenvalue weighted by molar-refractivity contribution is 6.31. The third-order valence-electron chi connectivity index (χ3n) is 3.56. The molecule has 128 valence electrons. The van der Waals surface area contributed by atoms with Gasteiger partial charge in [-0.05, 0) is 18.6 Å². The summed E-state index contributed by atoms with van der Waals surface area (Å²) in [6.45, 7) is 4.68. The smallest absolute Gasteiger partial charge is 0.321 e. The van der Waals surface area contributed by atoms with Gasteiger partial charge >= 0.3 is 6.03 Å². The van der Waals surface area contributed by atoms with E-state index in [1.165, 1.54) is 0 Å². The molecule has 1 fully saturated rings. The molecule has 0 saturated carbocycles. The van der Waals surface area contributed by atoms with Crippen molar-refractivity contribution < 1.29 is 9.59 Å². The highest BCUT2D eigenvalue weighted by Crippen LogP contribution is 2.28. The minimum absolute atomic E-state index is 0. The summed E-state index contributed by atoms with van der Waals surface area (Å²) in [6, 6.07) is 7.18. The Morgan fingerprint density at radius 3 is 2.83 bits per heavy atom. The lowest BCUT2D eigenvalue weighted by Gasteiger charge is -2.36. The average Bonchev–Trinajstić information content (AvgIpc) is 2.48. The highest BCUT2D eigenvalue weighted by Gasteiger charge is 2.27. The van der Waals surface area contributed by atoms with E-state index in [0.717, 1.165) is 25.2 Å². The summed E-state index contributed by atoms with van der Waals surface area (Å²) in [5.41, 5.74) is 0.988. The Hall–Kier alpha value is -1.34. The molecule has 0 aliphatic carbocycles. The molecule has 1 aromatic rings. The predicted molar refractivity (Wildman–Crippen MR) is 93.1 cm³/mol. The van der Waals surface area contributed by atoms with Crippen LogP contribution in [0.5, 0.6) is 0 Å². The number of benzene rings is 1. The van der Waals surface area contributed by atoms with Gasteiger partial charge in [-0.3, -0.25) is 15.0 Å². The number of hydrogen-bond donors (Lipinski definition) is 3. The molecule has 3 N–H and O–H groups in total. The van der Waals surface area contributed by atoms with Crippen molar-refractivity contribution in [3.8, 4) is 0 Å². The van der Waals surface area contributed by atoms with Gasteiger partial charge in [0.25, 0.3) is 0 Å². The van der Waals surface area contributed by atoms with Crippen molar-refractivity contribution in [2.45, 2.75) is 13.0 Å². The van der Waals surface area contributed by atoms with Gasteiger partial charge < -0.3 is 10.6 Å². The molecule has 1 aliphatic rings. The zero-order valence-electron chi connectivity index (χ0n) is 13.0. The zero-order chi connectivity index (χ0) is 15.9. The molecule has 6 nitrogen and oxygen atoms in total. The molecule has 0 spiro atoms. The lowest BCUT2D eigenvalue weighted by atomic mass is 10.0. The maximum Gasteiger partial charge on any atom is 0.321 e. The monoisotopic (exact) mass is 360 g/mol. The Bertz CT molecular complexity index is 542. The number of rotatable bonds is 4. The molecule has 0 bridgehead atoms. The molecule has 23 heavy (non-hydrogen) atoms. The summed E-state index contributed by atoms with van der Waals surface area (Å²) in [5, 5.41) is 8.87. The van der Waals surface area contributed by atoms with Crippen molar-refractivity contribution in [2.75, 3.05) is 32.7 Å². The van der Waals surface area contributed by atoms with Gasteiger partial charge in [-0.2, -0.15) is 0 Å². The van der Waals surface area contributed by atoms with Crippen LogP contribution in [0, 0.1) is 0 Å². The molecule has 1 saturated heterocycles. The van der Waals surface area contributed by atoms with Crippen LogP contribution < -0.4 is 16.0 Å². The Labute approximate surface area is 147 Å². The van der Waals surface area contributed by atoms with E-state index in [0.29, 0.717) is 11.6 Å². The van der Waals surface area contributed by atoms with E-state index in [1.807, 2.05) is 29.2 Å². The van der Waals surface area contributed by atoms with Crippen molar-refractivity contribution in [3.05, 3.63) is 34.9 Å². The molecule has 1 heterocycles. The lowest BCUT2D eigenvalue weighted by molar-refractivity contribution is -0.122. The van der Waals surface area contributed by atoms with E-state index in [1.54, 1.807) is 6.92 Å². The van der Waals surface area contributed by atoms with Crippen LogP contribution in [-0.2, 0) is 4.79 Å². The van der Waals surface area contributed by atoms with E-state index in [9.17, 15) is 9.59 Å². The van der Waals surface area contributed by atoms with Gasteiger partial charge in [0.05, 0.1) is 6.54 Å². The van der Waals surface area contributed by atoms with Crippen molar-refractivity contribution >= 4 is 35.9 Å². The SMILES string of the molecule is CCNC(=O)NC(=O)CN1CCNCC1c1ccccc1Cl.Cl. The van der Waals surface area contributed by atoms with Crippen molar-refractivity contribution in [1.29, 1.82) is 0 Å². The van der Waals surface area contributed by atoms with E-state index in [2.05, 4.69) is 16.0 Å². The van der Waals surface area contributed by atoms with Crippen LogP contribution in [0.3, 0.4) is 0 Å². The summed E-state index contributed by atoms with van der Waals surface area (Å²) in [7, 11) is 0. The standard InChI is InChI=1S/C15H21ClN4O2.ClH/c1-2-18-15(22)19-14(21)10-20-8-7-17-9-13(20)11-5-3-4-6-12(11)16;/h3-6,13,17H,2,7-10H2,1H3,(H2,18,19,21,22);1H. The number of carbonyl (C=O) groups is 2. The first-order chi connectivity index (χ1) is 10.6. The van der Waals surface area contributed by atoms with Crippen LogP contribution in [0.4, 0.5) is 4.79 Å². The van der Waals surface area contributed by atoms with Gasteiger partial charge in [-0.25, -0.2) is 4.79 Å². The maximum absolute atomic E-state index is 12.0. The second-order valence-electron chi connectivity index (χ2n) is 5.12. The Balaban J connectivity index is 0.00000264. The van der Waals surface area contributed by atoms with Crippen LogP contribution in [0.2, 0.25) is 5.02 Å². The molecule has 3 amide bonds. The number of nitrogens with one attached hydrogen (secondary N) is 3. The van der Waals surface area contributed by atoms with Crippen LogP contribution in [-0.4, -0.2) is 49.6 Å². The number of carbonyl (C=O) groups excluding carboxylic acids is 2. The molecule has 2 rings (SSSR count). The summed E-state index contributed by atoms with van der Waals surface area (Å²) >= 11 is 6.27. The maximum atomic E-state index is 12.0. The fourth-order valence-electron chi connectivity index (χ4n) is 2.54. The fraction of sp³-hybridized carbons (Fsp3) is 0.467. The Kier molecular flexibility index (Phi) is 8.33. The molecule has 8 heteroatoms. The first kappa shape index (κ1) is 19.7. The first-order valence-electron chi connectivity index (χ1n) is 7.38. The number of imide groups is 1. The van der Waals surface area contributed by atoms with E-state index in [-0.39, 0.29) is 30.9 Å². The number of hydrogen-bond acceptors (Lipinski definition) is 4. The van der Waals surface area contributed by atoms with Gasteiger partial charge in [0.1, 0.15) is 0 Å². The second-order valence-corrected chi connectivity index (χ2v) is 5.53. The molecule has 0 radical (unpaired) electrons. The third kappa shape index (κ3) is 5.66. The topological polar surface area (TPSA) is 73.5 Å². The van der Waals surface area contributed by atoms with Crippen LogP contribution in [0.25, 0.3) is 0 Å². The number of nitrogens with zero attached hydrogens (tertiary/aromatic N) is 1. The summed E-state index contributed by atoms with van der Waals surface area (Å²) < 4.78 is 0. The zero-order valence-corrected chi connectivity index (χ0v) is 14.5. The number of amides is 3. The predicted octanol–water partition coefficient (Wildman–Crippen LogP) is 1.55. The van der Waals surface area contributed by atoms with Gasteiger partial charge in [-0.1, -0.05) is 29.8 Å². The molecule has 1 atom stereocenters. The molecule has 1 aromatic carbocycles. The highest BCUT2D eigenvalue weighted by atomic mass is 35.5. The van der Waals surface area contributed by atoms with Crippen molar-refractivity contribution in [3.63, 3.8) is 0 Å². The van der Waals surface area contributed by atoms with Crippen molar-refractivity contribution in [2.24, 2.45) is 0 Å². The van der Waals surface area contributed by atoms with E-state index >= 15 is 0 Å². The van der Waals surface area contributed by atoms with Crippen LogP contribution in [0.1, 0.15) is 18.5 Å². The minimum Gasteiger partial charge on any atom is -0.338 e. The molecule has 0 aromatic heterocycles. The number of urea groups is 1. The first-order valence-corrected chi connectivity index (χ1v) is 7.76. The summed E-state index contributed by atoms with van der Waals surface area (Å²) in [6.07, 6.45) is 0. The Morgan fingerprint density at radius 2 is 2.13 bits per heavy atom. The van der Waals surface area contributed by atoms with E-state index in [4.69, 9.17) is 11.6 Å². The molecular formula is C15H22Cl2N4O2. The van der Waals surface area contributed by atoms with Gasteiger partial charge in [0.2, 0.25) is 5.91 Å². The average molecular weight is 361 g/mol. The normalized spacial score (nSPS) is 17.9. The molecule has 1 aliphatic heterocycles. The second kappa shape index (κ2) is 9.72. The lowest BCUT2D eigenvalue weighted by Crippen LogP contribution is -2.51. The quantitative estimate of drug-likeness (QED) is 0.761. The van der Waals surface area contributed by atoms with Gasteiger partial charge in [0.15, 0.2) is 0 Å². The summed E-state index contributed by atoms with van der Waals surface area (Å²) in [4.78, 5) is 25.4. The fourth-order valence-corrected chi connectivity index (χ4v) is 2.80. The third-order valence-corrected chi connectivity index (χ3v) is 3.90. The van der Waals surface area contributed by atoms with Gasteiger partial charge in [-0.15, -0.1) is 12.4 Å². The molecule has 1 unspecified atom stereocenters. The largest absolute Gasteiger partial charge is 0.338 e. The van der Waals surface area contributed by atoms with Crippen LogP contribution >= 0.6 is 24.0 Å². The minimum atomic E-state index is -0.461. The van der Waals surface area contributed by atoms with Crippen LogP contribution in [0.15, 0.2) is 24.3 Å². The number of halogens is 2. The van der Waals surface area contributed by atoms with E-state index < -0.39 is 6.03 Å². The molecular weight excluding hydrogens is 339 g/mol.